The summed E-state index contributed by atoms with van der Waals surface area (Å²) < 4.78 is 0. The molecular weight excluding hydrogens is 360 g/mol. The molecule has 6 nitrogen and oxygen atoms in total. The first kappa shape index (κ1) is 19.4. The van der Waals surface area contributed by atoms with Crippen LogP contribution in [0, 0.1) is 6.92 Å². The van der Waals surface area contributed by atoms with Gasteiger partial charge in [-0.25, -0.2) is 10.9 Å². The fraction of sp³-hybridized carbons (Fsp3) is 0.300. The first-order valence-corrected chi connectivity index (χ1v) is 9.94. The summed E-state index contributed by atoms with van der Waals surface area (Å²) in [5.74, 6) is 0.207. The molecule has 1 fully saturated rings. The quantitative estimate of drug-likeness (QED) is 0.454. The van der Waals surface area contributed by atoms with Gasteiger partial charge in [-0.05, 0) is 31.0 Å². The van der Waals surface area contributed by atoms with Crippen molar-refractivity contribution in [3.63, 3.8) is 0 Å². The van der Waals surface area contributed by atoms with E-state index in [4.69, 9.17) is 0 Å². The Balaban J connectivity index is 1.35. The van der Waals surface area contributed by atoms with Crippen LogP contribution in [0.1, 0.15) is 30.0 Å². The molecule has 1 aliphatic rings. The topological polar surface area (TPSA) is 82.3 Å². The van der Waals surface area contributed by atoms with Crippen molar-refractivity contribution in [2.24, 2.45) is 0 Å². The Morgan fingerprint density at radius 1 is 1.04 bits per heavy atom. The number of thioether (sulfide) groups is 1. The molecule has 27 heavy (non-hydrogen) atoms. The molecule has 0 aliphatic carbocycles. The van der Waals surface area contributed by atoms with E-state index >= 15 is 0 Å². The molecule has 2 aromatic rings. The molecule has 2 aromatic carbocycles. The van der Waals surface area contributed by atoms with Crippen molar-refractivity contribution in [2.45, 2.75) is 36.7 Å². The van der Waals surface area contributed by atoms with Gasteiger partial charge >= 0.3 is 0 Å². The predicted octanol–water partition coefficient (Wildman–Crippen LogP) is 2.23. The van der Waals surface area contributed by atoms with Crippen molar-refractivity contribution in [2.75, 3.05) is 5.75 Å². The number of hydrogen-bond acceptors (Lipinski definition) is 5. The molecule has 3 rings (SSSR count). The Morgan fingerprint density at radius 3 is 2.52 bits per heavy atom. The zero-order chi connectivity index (χ0) is 19.1. The smallest absolute Gasteiger partial charge is 0.256 e. The molecule has 2 unspecified atom stereocenters. The molecule has 1 heterocycles. The molecule has 1 saturated heterocycles. The van der Waals surface area contributed by atoms with Crippen LogP contribution in [-0.2, 0) is 9.59 Å². The molecule has 0 bridgehead atoms. The monoisotopic (exact) mass is 384 g/mol. The number of rotatable bonds is 6. The largest absolute Gasteiger partial charge is 0.273 e. The Labute approximate surface area is 163 Å². The van der Waals surface area contributed by atoms with E-state index < -0.39 is 6.04 Å². The normalized spacial score (nSPS) is 18.9. The fourth-order valence-electron chi connectivity index (χ4n) is 2.81. The van der Waals surface area contributed by atoms with E-state index in [1.54, 1.807) is 11.8 Å². The molecule has 7 heteroatoms. The third kappa shape index (κ3) is 5.82. The second kappa shape index (κ2) is 9.55. The summed E-state index contributed by atoms with van der Waals surface area (Å²) in [6.45, 7) is 2.04. The number of carbonyl (C=O) groups excluding carboxylic acids is 2. The van der Waals surface area contributed by atoms with Gasteiger partial charge in [0.15, 0.2) is 0 Å². The minimum Gasteiger partial charge on any atom is -0.273 e. The molecule has 4 N–H and O–H groups in total. The fourth-order valence-corrected chi connectivity index (χ4v) is 3.66. The summed E-state index contributed by atoms with van der Waals surface area (Å²) in [5, 5.41) is 0. The number of hydrazine groups is 2. The lowest BCUT2D eigenvalue weighted by Gasteiger charge is -2.11. The minimum atomic E-state index is -0.391. The second-order valence-corrected chi connectivity index (χ2v) is 7.66. The Bertz CT molecular complexity index is 767. The van der Waals surface area contributed by atoms with Gasteiger partial charge in [0.25, 0.3) is 5.91 Å². The predicted molar refractivity (Wildman–Crippen MR) is 107 cm³/mol. The summed E-state index contributed by atoms with van der Waals surface area (Å²) in [7, 11) is 0. The van der Waals surface area contributed by atoms with Gasteiger partial charge in [0.1, 0.15) is 6.04 Å². The maximum atomic E-state index is 12.2. The van der Waals surface area contributed by atoms with Gasteiger partial charge in [-0.2, -0.15) is 0 Å². The van der Waals surface area contributed by atoms with E-state index in [-0.39, 0.29) is 17.9 Å². The number of nitrogens with one attached hydrogen (secondary N) is 4. The zero-order valence-electron chi connectivity index (χ0n) is 15.2. The van der Waals surface area contributed by atoms with E-state index in [9.17, 15) is 9.59 Å². The molecular formula is C20H24N4O2S. The lowest BCUT2D eigenvalue weighted by Crippen LogP contribution is -2.50. The molecule has 0 aromatic heterocycles. The van der Waals surface area contributed by atoms with Crippen LogP contribution in [0.15, 0.2) is 59.5 Å². The summed E-state index contributed by atoms with van der Waals surface area (Å²) >= 11 is 1.62. The van der Waals surface area contributed by atoms with Crippen LogP contribution in [0.5, 0.6) is 0 Å². The molecule has 142 valence electrons. The standard InChI is InChI=1S/C20H24N4O2S/c1-14-7-9-16(10-8-14)27-12-11-19(25)23-24-20(26)18-13-17(21-22-18)15-5-3-2-4-6-15/h2-10,17-18,21-22H,11-13H2,1H3,(H,23,25)(H,24,26). The number of aryl methyl sites for hydroxylation is 1. The van der Waals surface area contributed by atoms with Crippen LogP contribution in [0.3, 0.4) is 0 Å². The van der Waals surface area contributed by atoms with Gasteiger partial charge in [0.05, 0.1) is 0 Å². The van der Waals surface area contributed by atoms with Crippen LogP contribution in [0.25, 0.3) is 0 Å². The third-order valence-corrected chi connectivity index (χ3v) is 5.38. The van der Waals surface area contributed by atoms with E-state index in [1.165, 1.54) is 5.56 Å². The van der Waals surface area contributed by atoms with Crippen LogP contribution >= 0.6 is 11.8 Å². The van der Waals surface area contributed by atoms with Crippen molar-refractivity contribution in [3.05, 3.63) is 65.7 Å². The van der Waals surface area contributed by atoms with Gasteiger partial charge < -0.3 is 0 Å². The lowest BCUT2D eigenvalue weighted by molar-refractivity contribution is -0.129. The number of carbonyl (C=O) groups is 2. The van der Waals surface area contributed by atoms with Gasteiger partial charge in [-0.1, -0.05) is 48.0 Å². The van der Waals surface area contributed by atoms with Gasteiger partial charge in [-0.15, -0.1) is 11.8 Å². The van der Waals surface area contributed by atoms with Crippen molar-refractivity contribution in [3.8, 4) is 0 Å². The number of hydrogen-bond donors (Lipinski definition) is 4. The highest BCUT2D eigenvalue weighted by atomic mass is 32.2. The molecule has 2 atom stereocenters. The Morgan fingerprint density at radius 2 is 1.78 bits per heavy atom. The Kier molecular flexibility index (Phi) is 6.86. The lowest BCUT2D eigenvalue weighted by atomic mass is 10.0. The molecule has 2 amide bonds. The number of amides is 2. The number of benzene rings is 2. The van der Waals surface area contributed by atoms with Crippen molar-refractivity contribution < 1.29 is 9.59 Å². The van der Waals surface area contributed by atoms with Crippen LogP contribution in [0.4, 0.5) is 0 Å². The summed E-state index contributed by atoms with van der Waals surface area (Å²) in [4.78, 5) is 25.3. The van der Waals surface area contributed by atoms with Crippen molar-refractivity contribution in [1.29, 1.82) is 0 Å². The first-order valence-electron chi connectivity index (χ1n) is 8.96. The first-order chi connectivity index (χ1) is 13.1. The van der Waals surface area contributed by atoms with Gasteiger partial charge in [0, 0.05) is 23.1 Å². The van der Waals surface area contributed by atoms with E-state index in [0.717, 1.165) is 10.5 Å². The van der Waals surface area contributed by atoms with Crippen LogP contribution < -0.4 is 21.7 Å². The highest BCUT2D eigenvalue weighted by Crippen LogP contribution is 2.21. The maximum Gasteiger partial charge on any atom is 0.256 e. The van der Waals surface area contributed by atoms with Crippen molar-refractivity contribution in [1.82, 2.24) is 21.7 Å². The highest BCUT2D eigenvalue weighted by Gasteiger charge is 2.30. The minimum absolute atomic E-state index is 0.0727. The SMILES string of the molecule is Cc1ccc(SCCC(=O)NNC(=O)C2CC(c3ccccc3)NN2)cc1. The van der Waals surface area contributed by atoms with Crippen LogP contribution in [0.2, 0.25) is 0 Å². The van der Waals surface area contributed by atoms with E-state index in [2.05, 4.69) is 21.7 Å². The van der Waals surface area contributed by atoms with Crippen LogP contribution in [-0.4, -0.2) is 23.6 Å². The second-order valence-electron chi connectivity index (χ2n) is 6.49. The average molecular weight is 385 g/mol. The molecule has 0 saturated carbocycles. The van der Waals surface area contributed by atoms with Gasteiger partial charge in [0.2, 0.25) is 5.91 Å². The van der Waals surface area contributed by atoms with Crippen molar-refractivity contribution >= 4 is 23.6 Å². The van der Waals surface area contributed by atoms with E-state index in [0.29, 0.717) is 18.6 Å². The molecule has 0 radical (unpaired) electrons. The molecule has 0 spiro atoms. The zero-order valence-corrected chi connectivity index (χ0v) is 16.0. The summed E-state index contributed by atoms with van der Waals surface area (Å²) in [6.07, 6.45) is 0.955. The highest BCUT2D eigenvalue weighted by molar-refractivity contribution is 7.99. The average Bonchev–Trinajstić information content (AvgIpc) is 3.19. The summed E-state index contributed by atoms with van der Waals surface area (Å²) in [5.41, 5.74) is 13.4. The van der Waals surface area contributed by atoms with Gasteiger partial charge in [-0.3, -0.25) is 20.4 Å². The van der Waals surface area contributed by atoms with E-state index in [1.807, 2.05) is 61.5 Å². The summed E-state index contributed by atoms with van der Waals surface area (Å²) in [6, 6.07) is 17.8. The molecule has 1 aliphatic heterocycles. The third-order valence-electron chi connectivity index (χ3n) is 4.37. The Hall–Kier alpha value is -2.35. The maximum absolute atomic E-state index is 12.2.